The molecule has 2 heterocycles. The first-order valence-corrected chi connectivity index (χ1v) is 12.6. The number of carbonyl (C=O) groups excluding carboxylic acids is 2. The number of nitrogens with zero attached hydrogens (tertiary/aromatic N) is 3. The Hall–Kier alpha value is -4.33. The van der Waals surface area contributed by atoms with Crippen LogP contribution in [0, 0.1) is 0 Å². The fourth-order valence-electron chi connectivity index (χ4n) is 4.87. The Morgan fingerprint density at radius 1 is 0.973 bits per heavy atom. The third-order valence-corrected chi connectivity index (χ3v) is 6.57. The number of para-hydroxylation sites is 2. The van der Waals surface area contributed by atoms with Crippen LogP contribution in [0.2, 0.25) is 0 Å². The molecule has 1 aliphatic heterocycles. The maximum atomic E-state index is 13.4. The van der Waals surface area contributed by atoms with Gasteiger partial charge in [-0.3, -0.25) is 9.59 Å². The van der Waals surface area contributed by atoms with Crippen LogP contribution in [-0.2, 0) is 21.0 Å². The number of likely N-dealkylation sites (tertiary alicyclic amines) is 1. The summed E-state index contributed by atoms with van der Waals surface area (Å²) >= 11 is 0. The third-order valence-electron chi connectivity index (χ3n) is 6.57. The smallest absolute Gasteiger partial charge is 0.261 e. The lowest BCUT2D eigenvalue weighted by Crippen LogP contribution is -2.45. The van der Waals surface area contributed by atoms with E-state index in [0.29, 0.717) is 30.2 Å². The van der Waals surface area contributed by atoms with Crippen molar-refractivity contribution in [2.24, 2.45) is 5.16 Å². The van der Waals surface area contributed by atoms with E-state index in [0.717, 1.165) is 28.4 Å². The molecule has 0 bridgehead atoms. The molecular formula is C29H30N4O4. The van der Waals surface area contributed by atoms with Crippen LogP contribution in [0.15, 0.2) is 78.0 Å². The number of oxime groups is 1. The molecular weight excluding hydrogens is 468 g/mol. The van der Waals surface area contributed by atoms with Crippen molar-refractivity contribution in [3.8, 4) is 5.75 Å². The van der Waals surface area contributed by atoms with Gasteiger partial charge in [0.15, 0.2) is 6.61 Å². The van der Waals surface area contributed by atoms with E-state index in [1.807, 2.05) is 55.5 Å². The minimum atomic E-state index is -0.709. The summed E-state index contributed by atoms with van der Waals surface area (Å²) in [5, 5.41) is 9.35. The third kappa shape index (κ3) is 5.00. The summed E-state index contributed by atoms with van der Waals surface area (Å²) < 4.78 is 7.91. The van der Waals surface area contributed by atoms with Gasteiger partial charge in [-0.2, -0.15) is 0 Å². The van der Waals surface area contributed by atoms with Crippen LogP contribution in [-0.4, -0.2) is 52.8 Å². The lowest BCUT2D eigenvalue weighted by atomic mass is 10.1. The molecule has 8 nitrogen and oxygen atoms in total. The Morgan fingerprint density at radius 2 is 1.73 bits per heavy atom. The Balaban J connectivity index is 1.37. The van der Waals surface area contributed by atoms with Crippen molar-refractivity contribution in [3.63, 3.8) is 0 Å². The summed E-state index contributed by atoms with van der Waals surface area (Å²) in [6.45, 7) is 5.27. The minimum absolute atomic E-state index is 0.168. The molecule has 37 heavy (non-hydrogen) atoms. The largest absolute Gasteiger partial charge is 0.484 e. The van der Waals surface area contributed by atoms with E-state index in [9.17, 15) is 9.59 Å². The van der Waals surface area contributed by atoms with Gasteiger partial charge < -0.3 is 24.4 Å². The molecule has 0 unspecified atom stereocenters. The maximum absolute atomic E-state index is 13.4. The molecule has 0 aliphatic carbocycles. The summed E-state index contributed by atoms with van der Waals surface area (Å²) in [4.78, 5) is 33.2. The molecule has 8 heteroatoms. The van der Waals surface area contributed by atoms with Crippen molar-refractivity contribution < 1.29 is 19.2 Å². The average molecular weight is 499 g/mol. The topological polar surface area (TPSA) is 85.2 Å². The summed E-state index contributed by atoms with van der Waals surface area (Å²) in [7, 11) is 0. The number of amides is 2. The summed E-state index contributed by atoms with van der Waals surface area (Å²) in [6.07, 6.45) is 0.306. The number of benzene rings is 3. The minimum Gasteiger partial charge on any atom is -0.484 e. The molecule has 1 aromatic heterocycles. The highest BCUT2D eigenvalue weighted by Gasteiger charge is 2.38. The van der Waals surface area contributed by atoms with Crippen LogP contribution < -0.4 is 10.1 Å². The second kappa shape index (κ2) is 10.7. The predicted molar refractivity (Wildman–Crippen MR) is 145 cm³/mol. The number of fused-ring (bicyclic) bond motifs is 3. The van der Waals surface area contributed by atoms with Gasteiger partial charge in [0.05, 0.1) is 12.3 Å². The number of ether oxygens (including phenoxy) is 1. The predicted octanol–water partition coefficient (Wildman–Crippen LogP) is 4.83. The maximum Gasteiger partial charge on any atom is 0.261 e. The van der Waals surface area contributed by atoms with E-state index >= 15 is 0 Å². The Kier molecular flexibility index (Phi) is 7.07. The molecule has 4 aromatic rings. The Morgan fingerprint density at radius 3 is 2.51 bits per heavy atom. The number of hydrogen-bond donors (Lipinski definition) is 1. The second-order valence-corrected chi connectivity index (χ2v) is 8.90. The van der Waals surface area contributed by atoms with Gasteiger partial charge in [-0.05, 0) is 50.2 Å². The van der Waals surface area contributed by atoms with Gasteiger partial charge >= 0.3 is 0 Å². The van der Waals surface area contributed by atoms with Gasteiger partial charge in [-0.15, -0.1) is 0 Å². The van der Waals surface area contributed by atoms with Crippen molar-refractivity contribution >= 4 is 45.0 Å². The summed E-state index contributed by atoms with van der Waals surface area (Å²) in [6, 6.07) is 22.6. The van der Waals surface area contributed by atoms with E-state index < -0.39 is 6.04 Å². The monoisotopic (exact) mass is 498 g/mol. The first-order valence-electron chi connectivity index (χ1n) is 12.6. The van der Waals surface area contributed by atoms with E-state index in [-0.39, 0.29) is 25.0 Å². The van der Waals surface area contributed by atoms with Gasteiger partial charge in [-0.25, -0.2) is 0 Å². The van der Waals surface area contributed by atoms with Gasteiger partial charge in [-0.1, -0.05) is 41.6 Å². The van der Waals surface area contributed by atoms with E-state index in [4.69, 9.17) is 9.57 Å². The zero-order valence-corrected chi connectivity index (χ0v) is 21.0. The molecule has 1 fully saturated rings. The van der Waals surface area contributed by atoms with Gasteiger partial charge in [0.1, 0.15) is 18.4 Å². The van der Waals surface area contributed by atoms with Crippen LogP contribution in [0.25, 0.3) is 21.8 Å². The number of aromatic nitrogens is 1. The molecule has 0 radical (unpaired) electrons. The molecule has 1 saturated heterocycles. The van der Waals surface area contributed by atoms with Crippen LogP contribution >= 0.6 is 0 Å². The molecule has 1 aliphatic rings. The highest BCUT2D eigenvalue weighted by Crippen LogP contribution is 2.31. The lowest BCUT2D eigenvalue weighted by molar-refractivity contribution is -0.138. The molecule has 0 saturated carbocycles. The highest BCUT2D eigenvalue weighted by molar-refractivity contribution is 6.11. The normalized spacial score (nSPS) is 16.4. The SMILES string of the molecule is CCO/N=C1\C[C@@H](C(=O)Nc2ccc3c(c2)c2ccccc2n3CC)N(C(=O)COc2ccccc2)C1. The van der Waals surface area contributed by atoms with Crippen molar-refractivity contribution in [1.29, 1.82) is 0 Å². The van der Waals surface area contributed by atoms with Crippen molar-refractivity contribution in [2.75, 3.05) is 25.1 Å². The van der Waals surface area contributed by atoms with Crippen LogP contribution in [0.5, 0.6) is 5.75 Å². The fourth-order valence-corrected chi connectivity index (χ4v) is 4.87. The number of carbonyl (C=O) groups is 2. The summed E-state index contributed by atoms with van der Waals surface area (Å²) in [5.74, 6) is 0.0410. The fraction of sp³-hybridized carbons (Fsp3) is 0.276. The molecule has 5 rings (SSSR count). The van der Waals surface area contributed by atoms with E-state index in [1.54, 1.807) is 12.1 Å². The van der Waals surface area contributed by atoms with Crippen LogP contribution in [0.3, 0.4) is 0 Å². The molecule has 1 N–H and O–H groups in total. The van der Waals surface area contributed by atoms with Gasteiger partial charge in [0.25, 0.3) is 5.91 Å². The number of hydrogen-bond acceptors (Lipinski definition) is 5. The van der Waals surface area contributed by atoms with E-state index in [2.05, 4.69) is 34.1 Å². The van der Waals surface area contributed by atoms with Crippen molar-refractivity contribution in [2.45, 2.75) is 32.9 Å². The van der Waals surface area contributed by atoms with Crippen molar-refractivity contribution in [1.82, 2.24) is 9.47 Å². The molecule has 190 valence electrons. The average Bonchev–Trinajstić information content (AvgIpc) is 3.50. The number of nitrogens with one attached hydrogen (secondary N) is 1. The number of anilines is 1. The van der Waals surface area contributed by atoms with E-state index in [1.165, 1.54) is 4.90 Å². The van der Waals surface area contributed by atoms with Gasteiger partial charge in [0.2, 0.25) is 5.91 Å². The lowest BCUT2D eigenvalue weighted by Gasteiger charge is -2.23. The zero-order valence-electron chi connectivity index (χ0n) is 21.0. The van der Waals surface area contributed by atoms with Crippen LogP contribution in [0.1, 0.15) is 20.3 Å². The van der Waals surface area contributed by atoms with Gasteiger partial charge in [0, 0.05) is 40.5 Å². The standard InChI is InChI=1S/C29H30N4O4/c1-3-32-25-13-9-8-12-23(25)24-16-20(14-15-26(24)32)30-29(35)27-17-21(31-37-4-2)18-33(27)28(34)19-36-22-10-6-5-7-11-22/h5-16,27H,3-4,17-19H2,1-2H3,(H,30,35)/b31-21+/t27-/m0/s1. The molecule has 2 amide bonds. The Bertz CT molecular complexity index is 1460. The molecule has 0 spiro atoms. The highest BCUT2D eigenvalue weighted by atomic mass is 16.6. The number of aryl methyl sites for hydroxylation is 1. The quantitative estimate of drug-likeness (QED) is 0.353. The van der Waals surface area contributed by atoms with Crippen LogP contribution in [0.4, 0.5) is 5.69 Å². The Labute approximate surface area is 215 Å². The zero-order chi connectivity index (χ0) is 25.8. The summed E-state index contributed by atoms with van der Waals surface area (Å²) in [5.41, 5.74) is 3.60. The number of rotatable bonds is 8. The first kappa shape index (κ1) is 24.4. The first-order chi connectivity index (χ1) is 18.1. The second-order valence-electron chi connectivity index (χ2n) is 8.90. The van der Waals surface area contributed by atoms with Crippen molar-refractivity contribution in [3.05, 3.63) is 72.8 Å². The molecule has 1 atom stereocenters. The molecule has 3 aromatic carbocycles.